The Hall–Kier alpha value is -1.10. The fourth-order valence-electron chi connectivity index (χ4n) is 1.70. The van der Waals surface area contributed by atoms with Crippen LogP contribution in [0.5, 0.6) is 0 Å². The number of carbonyl (C=O) groups excluding carboxylic acids is 2. The lowest BCUT2D eigenvalue weighted by Crippen LogP contribution is -2.43. The first kappa shape index (κ1) is 16.9. The number of hydrogen-bond donors (Lipinski definition) is 1. The molecule has 0 saturated heterocycles. The highest BCUT2D eigenvalue weighted by molar-refractivity contribution is 5.85. The number of likely N-dealkylation sites (N-methyl/N-ethyl adjacent to an activating group) is 1. The number of carbonyl (C=O) groups is 2. The van der Waals surface area contributed by atoms with Gasteiger partial charge in [-0.2, -0.15) is 0 Å². The van der Waals surface area contributed by atoms with Gasteiger partial charge in [0.1, 0.15) is 0 Å². The maximum atomic E-state index is 12.2. The first-order valence-electron chi connectivity index (χ1n) is 6.63. The van der Waals surface area contributed by atoms with E-state index in [4.69, 9.17) is 5.73 Å². The Bertz CT molecular complexity index is 267. The van der Waals surface area contributed by atoms with E-state index in [2.05, 4.69) is 0 Å². The molecule has 1 unspecified atom stereocenters. The van der Waals surface area contributed by atoms with Crippen LogP contribution >= 0.6 is 0 Å². The molecule has 0 aromatic carbocycles. The van der Waals surface area contributed by atoms with Crippen molar-refractivity contribution in [3.8, 4) is 0 Å². The highest BCUT2D eigenvalue weighted by atomic mass is 16.2. The van der Waals surface area contributed by atoms with E-state index in [1.807, 2.05) is 13.8 Å². The van der Waals surface area contributed by atoms with E-state index in [0.29, 0.717) is 13.1 Å². The molecule has 5 nitrogen and oxygen atoms in total. The zero-order chi connectivity index (χ0) is 14.1. The maximum absolute atomic E-state index is 12.2. The average Bonchev–Trinajstić information content (AvgIpc) is 2.34. The molecule has 2 amide bonds. The molecule has 0 aromatic rings. The van der Waals surface area contributed by atoms with E-state index >= 15 is 0 Å². The minimum Gasteiger partial charge on any atom is -0.347 e. The molecule has 0 rings (SSSR count). The Morgan fingerprint density at radius 1 is 1.28 bits per heavy atom. The molecule has 0 bridgehead atoms. The lowest BCUT2D eigenvalue weighted by molar-refractivity contribution is -0.141. The van der Waals surface area contributed by atoms with Crippen molar-refractivity contribution in [2.45, 2.75) is 33.1 Å². The molecule has 0 aliphatic rings. The predicted octanol–water partition coefficient (Wildman–Crippen LogP) is 0.688. The van der Waals surface area contributed by atoms with Crippen LogP contribution in [0.15, 0.2) is 0 Å². The van der Waals surface area contributed by atoms with E-state index in [1.165, 1.54) is 4.90 Å². The smallest absolute Gasteiger partial charge is 0.241 e. The lowest BCUT2D eigenvalue weighted by atomic mass is 10.0. The van der Waals surface area contributed by atoms with Gasteiger partial charge < -0.3 is 15.5 Å². The fourth-order valence-corrected chi connectivity index (χ4v) is 1.70. The van der Waals surface area contributed by atoms with Gasteiger partial charge in [0.2, 0.25) is 11.8 Å². The molecule has 0 saturated carbocycles. The zero-order valence-electron chi connectivity index (χ0n) is 12.1. The summed E-state index contributed by atoms with van der Waals surface area (Å²) in [5.74, 6) is -0.0432. The van der Waals surface area contributed by atoms with Crippen LogP contribution in [0.25, 0.3) is 0 Å². The first-order chi connectivity index (χ1) is 8.43. The molecule has 0 aliphatic heterocycles. The Morgan fingerprint density at radius 2 is 1.89 bits per heavy atom. The van der Waals surface area contributed by atoms with Gasteiger partial charge in [-0.1, -0.05) is 13.8 Å². The molecular weight excluding hydrogens is 230 g/mol. The van der Waals surface area contributed by atoms with E-state index < -0.39 is 0 Å². The van der Waals surface area contributed by atoms with Gasteiger partial charge >= 0.3 is 0 Å². The monoisotopic (exact) mass is 257 g/mol. The summed E-state index contributed by atoms with van der Waals surface area (Å²) < 4.78 is 0. The lowest BCUT2D eigenvalue weighted by Gasteiger charge is -2.26. The second-order valence-electron chi connectivity index (χ2n) is 4.88. The Labute approximate surface area is 110 Å². The summed E-state index contributed by atoms with van der Waals surface area (Å²) in [6, 6.07) is 0. The van der Waals surface area contributed by atoms with Crippen LogP contribution in [0.2, 0.25) is 0 Å². The van der Waals surface area contributed by atoms with Crippen molar-refractivity contribution in [1.29, 1.82) is 0 Å². The minimum atomic E-state index is -0.0601. The molecule has 0 aromatic heterocycles. The molecule has 1 atom stereocenters. The quantitative estimate of drug-likeness (QED) is 0.695. The minimum absolute atomic E-state index is 0.0391. The highest BCUT2D eigenvalue weighted by Crippen LogP contribution is 2.10. The van der Waals surface area contributed by atoms with Crippen molar-refractivity contribution in [2.24, 2.45) is 11.7 Å². The van der Waals surface area contributed by atoms with Gasteiger partial charge in [0, 0.05) is 26.6 Å². The van der Waals surface area contributed by atoms with Crippen LogP contribution < -0.4 is 5.73 Å². The summed E-state index contributed by atoms with van der Waals surface area (Å²) in [7, 11) is 3.41. The van der Waals surface area contributed by atoms with Crippen molar-refractivity contribution in [1.82, 2.24) is 9.80 Å². The number of nitrogens with zero attached hydrogens (tertiary/aromatic N) is 2. The number of nitrogens with two attached hydrogens (primary N) is 1. The van der Waals surface area contributed by atoms with Crippen LogP contribution in [-0.2, 0) is 9.59 Å². The number of amides is 2. The normalized spacial score (nSPS) is 12.1. The molecule has 0 spiro atoms. The Kier molecular flexibility index (Phi) is 8.37. The van der Waals surface area contributed by atoms with Crippen molar-refractivity contribution >= 4 is 11.8 Å². The predicted molar refractivity (Wildman–Crippen MR) is 73.0 cm³/mol. The van der Waals surface area contributed by atoms with Crippen molar-refractivity contribution in [3.05, 3.63) is 0 Å². The largest absolute Gasteiger partial charge is 0.347 e. The van der Waals surface area contributed by atoms with Crippen LogP contribution in [0.4, 0.5) is 0 Å². The van der Waals surface area contributed by atoms with Gasteiger partial charge in [-0.05, 0) is 25.8 Å². The van der Waals surface area contributed by atoms with Crippen molar-refractivity contribution < 1.29 is 9.59 Å². The SMILES string of the molecule is CCCN(CC(=O)N(C)C)C(=O)C(C)CCCN. The maximum Gasteiger partial charge on any atom is 0.241 e. The van der Waals surface area contributed by atoms with Crippen LogP contribution in [0.1, 0.15) is 33.1 Å². The summed E-state index contributed by atoms with van der Waals surface area (Å²) in [5.41, 5.74) is 5.45. The van der Waals surface area contributed by atoms with Crippen LogP contribution in [0, 0.1) is 5.92 Å². The fraction of sp³-hybridized carbons (Fsp3) is 0.846. The average molecular weight is 257 g/mol. The van der Waals surface area contributed by atoms with E-state index in [1.54, 1.807) is 19.0 Å². The van der Waals surface area contributed by atoms with Gasteiger partial charge in [-0.25, -0.2) is 0 Å². The first-order valence-corrected chi connectivity index (χ1v) is 6.63. The van der Waals surface area contributed by atoms with Gasteiger partial charge in [0.25, 0.3) is 0 Å². The van der Waals surface area contributed by atoms with Gasteiger partial charge in [0.05, 0.1) is 6.54 Å². The Morgan fingerprint density at radius 3 is 2.33 bits per heavy atom. The van der Waals surface area contributed by atoms with E-state index in [0.717, 1.165) is 19.3 Å². The van der Waals surface area contributed by atoms with Crippen molar-refractivity contribution in [2.75, 3.05) is 33.7 Å². The Balaban J connectivity index is 4.47. The molecule has 0 fully saturated rings. The molecule has 106 valence electrons. The van der Waals surface area contributed by atoms with E-state index in [9.17, 15) is 9.59 Å². The summed E-state index contributed by atoms with van der Waals surface area (Å²) in [5, 5.41) is 0. The van der Waals surface area contributed by atoms with Crippen LogP contribution in [0.3, 0.4) is 0 Å². The molecule has 18 heavy (non-hydrogen) atoms. The second-order valence-corrected chi connectivity index (χ2v) is 4.88. The third-order valence-corrected chi connectivity index (χ3v) is 2.89. The standard InChI is InChI=1S/C13H27N3O2/c1-5-9-16(10-12(17)15(3)4)13(18)11(2)7-6-8-14/h11H,5-10,14H2,1-4H3. The van der Waals surface area contributed by atoms with Crippen molar-refractivity contribution in [3.63, 3.8) is 0 Å². The van der Waals surface area contributed by atoms with Gasteiger partial charge in [-0.15, -0.1) is 0 Å². The summed E-state index contributed by atoms with van der Waals surface area (Å²) in [4.78, 5) is 27.1. The summed E-state index contributed by atoms with van der Waals surface area (Å²) in [6.07, 6.45) is 2.48. The molecule has 0 heterocycles. The van der Waals surface area contributed by atoms with E-state index in [-0.39, 0.29) is 24.3 Å². The summed E-state index contributed by atoms with van der Waals surface area (Å²) in [6.45, 7) is 5.31. The van der Waals surface area contributed by atoms with Crippen LogP contribution in [-0.4, -0.2) is 55.3 Å². The third kappa shape index (κ3) is 6.00. The second kappa shape index (κ2) is 8.91. The zero-order valence-corrected chi connectivity index (χ0v) is 12.1. The summed E-state index contributed by atoms with van der Waals surface area (Å²) >= 11 is 0. The highest BCUT2D eigenvalue weighted by Gasteiger charge is 2.22. The topological polar surface area (TPSA) is 66.6 Å². The number of hydrogen-bond acceptors (Lipinski definition) is 3. The number of rotatable bonds is 8. The molecule has 5 heteroatoms. The van der Waals surface area contributed by atoms with Gasteiger partial charge in [0.15, 0.2) is 0 Å². The molecule has 0 aliphatic carbocycles. The van der Waals surface area contributed by atoms with Gasteiger partial charge in [-0.3, -0.25) is 9.59 Å². The molecule has 0 radical (unpaired) electrons. The molecular formula is C13H27N3O2. The third-order valence-electron chi connectivity index (χ3n) is 2.89. The molecule has 2 N–H and O–H groups in total.